The zero-order chi connectivity index (χ0) is 12.8. The summed E-state index contributed by atoms with van der Waals surface area (Å²) in [6, 6.07) is -1.17. The summed E-state index contributed by atoms with van der Waals surface area (Å²) in [5.74, 6) is -1.48. The number of aliphatic hydroxyl groups is 1. The van der Waals surface area contributed by atoms with Crippen LogP contribution in [0.1, 0.15) is 10.5 Å². The van der Waals surface area contributed by atoms with Crippen molar-refractivity contribution in [1.82, 2.24) is 15.3 Å². The Morgan fingerprint density at radius 2 is 2.35 bits per heavy atom. The van der Waals surface area contributed by atoms with Crippen LogP contribution >= 0.6 is 0 Å². The van der Waals surface area contributed by atoms with Gasteiger partial charge in [-0.05, 0) is 0 Å². The summed E-state index contributed by atoms with van der Waals surface area (Å²) in [5.41, 5.74) is -0.528. The van der Waals surface area contributed by atoms with Gasteiger partial charge in [-0.2, -0.15) is 0 Å². The molecule has 0 saturated carbocycles. The van der Waals surface area contributed by atoms with E-state index in [2.05, 4.69) is 20.0 Å². The van der Waals surface area contributed by atoms with Crippen LogP contribution in [0.4, 0.5) is 0 Å². The number of hydrogen-bond acceptors (Lipinski definition) is 6. The van der Waals surface area contributed by atoms with Crippen molar-refractivity contribution in [3.05, 3.63) is 28.4 Å². The van der Waals surface area contributed by atoms with Gasteiger partial charge in [-0.15, -0.1) is 0 Å². The first kappa shape index (κ1) is 12.8. The lowest BCUT2D eigenvalue weighted by Gasteiger charge is -2.12. The molecule has 17 heavy (non-hydrogen) atoms. The van der Waals surface area contributed by atoms with Gasteiger partial charge in [0.05, 0.1) is 19.9 Å². The highest BCUT2D eigenvalue weighted by Crippen LogP contribution is 1.92. The fourth-order valence-electron chi connectivity index (χ4n) is 1.02. The van der Waals surface area contributed by atoms with E-state index in [9.17, 15) is 14.4 Å². The van der Waals surface area contributed by atoms with Crippen LogP contribution in [0.25, 0.3) is 0 Å². The minimum atomic E-state index is -1.17. The van der Waals surface area contributed by atoms with Crippen LogP contribution in [-0.2, 0) is 9.53 Å². The molecule has 1 heterocycles. The van der Waals surface area contributed by atoms with Gasteiger partial charge in [0.1, 0.15) is 5.69 Å². The molecule has 1 rings (SSSR count). The average Bonchev–Trinajstić information content (AvgIpc) is 2.35. The lowest BCUT2D eigenvalue weighted by atomic mass is 10.3. The lowest BCUT2D eigenvalue weighted by molar-refractivity contribution is -0.143. The van der Waals surface area contributed by atoms with Crippen molar-refractivity contribution in [2.75, 3.05) is 13.7 Å². The van der Waals surface area contributed by atoms with Gasteiger partial charge >= 0.3 is 5.97 Å². The molecule has 1 amide bonds. The maximum atomic E-state index is 11.5. The number of carbonyl (C=O) groups is 2. The van der Waals surface area contributed by atoms with Gasteiger partial charge in [0.2, 0.25) is 0 Å². The highest BCUT2D eigenvalue weighted by molar-refractivity contribution is 5.94. The minimum Gasteiger partial charge on any atom is -0.467 e. The Morgan fingerprint density at radius 3 is 2.82 bits per heavy atom. The monoisotopic (exact) mass is 241 g/mol. The third-order valence-electron chi connectivity index (χ3n) is 1.88. The normalized spacial score (nSPS) is 11.6. The average molecular weight is 241 g/mol. The Morgan fingerprint density at radius 1 is 1.65 bits per heavy atom. The molecule has 92 valence electrons. The summed E-state index contributed by atoms with van der Waals surface area (Å²) in [5, 5.41) is 11.1. The molecule has 0 aliphatic heterocycles. The number of methoxy groups -OCH3 is 1. The molecule has 0 fully saturated rings. The number of esters is 1. The smallest absolute Gasteiger partial charge is 0.330 e. The summed E-state index contributed by atoms with van der Waals surface area (Å²) >= 11 is 0. The second-order valence-corrected chi connectivity index (χ2v) is 3.03. The first-order valence-corrected chi connectivity index (χ1v) is 4.62. The number of H-pyrrole nitrogens is 1. The van der Waals surface area contributed by atoms with Crippen molar-refractivity contribution >= 4 is 11.9 Å². The molecule has 8 nitrogen and oxygen atoms in total. The van der Waals surface area contributed by atoms with Crippen molar-refractivity contribution in [2.45, 2.75) is 6.04 Å². The van der Waals surface area contributed by atoms with Crippen LogP contribution in [0.15, 0.2) is 17.2 Å². The number of amides is 1. The summed E-state index contributed by atoms with van der Waals surface area (Å²) < 4.78 is 4.37. The number of aromatic nitrogens is 2. The van der Waals surface area contributed by atoms with Gasteiger partial charge in [-0.3, -0.25) is 9.59 Å². The molecule has 3 N–H and O–H groups in total. The van der Waals surface area contributed by atoms with Gasteiger partial charge in [0.25, 0.3) is 11.5 Å². The quantitative estimate of drug-likeness (QED) is 0.526. The van der Waals surface area contributed by atoms with E-state index in [1.807, 2.05) is 0 Å². The molecule has 1 unspecified atom stereocenters. The standard InChI is InChI=1S/C9H11N3O5/c1-17-9(16)6(4-13)12-8(15)5-2-11-7(14)3-10-5/h2-3,6,13H,4H2,1H3,(H,11,14)(H,12,15). The predicted octanol–water partition coefficient (Wildman–Crippen LogP) is -1.97. The molecule has 0 saturated heterocycles. The van der Waals surface area contributed by atoms with Crippen LogP contribution in [-0.4, -0.2) is 46.7 Å². The van der Waals surface area contributed by atoms with Crippen molar-refractivity contribution in [2.24, 2.45) is 0 Å². The number of nitrogens with zero attached hydrogens (tertiary/aromatic N) is 1. The molecule has 0 aliphatic rings. The third-order valence-corrected chi connectivity index (χ3v) is 1.88. The van der Waals surface area contributed by atoms with Crippen molar-refractivity contribution in [3.8, 4) is 0 Å². The molecule has 0 aliphatic carbocycles. The van der Waals surface area contributed by atoms with E-state index in [-0.39, 0.29) is 5.69 Å². The first-order chi connectivity index (χ1) is 8.08. The summed E-state index contributed by atoms with van der Waals surface area (Å²) in [4.78, 5) is 39.2. The Hall–Kier alpha value is -2.22. The fourth-order valence-corrected chi connectivity index (χ4v) is 1.02. The van der Waals surface area contributed by atoms with Crippen LogP contribution in [0.2, 0.25) is 0 Å². The largest absolute Gasteiger partial charge is 0.467 e. The molecule has 1 aromatic heterocycles. The molecule has 8 heteroatoms. The maximum Gasteiger partial charge on any atom is 0.330 e. The van der Waals surface area contributed by atoms with Gasteiger partial charge in [-0.25, -0.2) is 9.78 Å². The SMILES string of the molecule is COC(=O)C(CO)NC(=O)c1c[nH]c(=O)cn1. The van der Waals surface area contributed by atoms with E-state index in [1.54, 1.807) is 0 Å². The first-order valence-electron chi connectivity index (χ1n) is 4.62. The van der Waals surface area contributed by atoms with Crippen LogP contribution < -0.4 is 10.9 Å². The highest BCUT2D eigenvalue weighted by atomic mass is 16.5. The predicted molar refractivity (Wildman–Crippen MR) is 55.2 cm³/mol. The summed E-state index contributed by atoms with van der Waals surface area (Å²) in [6.45, 7) is -0.595. The zero-order valence-electron chi connectivity index (χ0n) is 8.97. The van der Waals surface area contributed by atoms with Gasteiger partial charge in [0.15, 0.2) is 6.04 Å². The number of carbonyl (C=O) groups excluding carboxylic acids is 2. The lowest BCUT2D eigenvalue weighted by Crippen LogP contribution is -2.44. The molecule has 1 aromatic rings. The van der Waals surface area contributed by atoms with Crippen LogP contribution in [0.3, 0.4) is 0 Å². The fraction of sp³-hybridized carbons (Fsp3) is 0.333. The number of aliphatic hydroxyl groups excluding tert-OH is 1. The maximum absolute atomic E-state index is 11.5. The van der Waals surface area contributed by atoms with E-state index >= 15 is 0 Å². The highest BCUT2D eigenvalue weighted by Gasteiger charge is 2.21. The molecule has 0 aromatic carbocycles. The van der Waals surface area contributed by atoms with E-state index < -0.39 is 30.1 Å². The van der Waals surface area contributed by atoms with Crippen LogP contribution in [0.5, 0.6) is 0 Å². The topological polar surface area (TPSA) is 121 Å². The Kier molecular flexibility index (Phi) is 4.35. The number of ether oxygens (including phenoxy) is 1. The molecule has 0 radical (unpaired) electrons. The summed E-state index contributed by atoms with van der Waals surface area (Å²) in [7, 11) is 1.13. The number of hydrogen-bond donors (Lipinski definition) is 3. The molecule has 0 bridgehead atoms. The second-order valence-electron chi connectivity index (χ2n) is 3.03. The Balaban J connectivity index is 2.74. The minimum absolute atomic E-state index is 0.0769. The van der Waals surface area contributed by atoms with E-state index in [0.717, 1.165) is 19.5 Å². The van der Waals surface area contributed by atoms with Crippen molar-refractivity contribution in [1.29, 1.82) is 0 Å². The van der Waals surface area contributed by atoms with E-state index in [4.69, 9.17) is 5.11 Å². The molecular weight excluding hydrogens is 230 g/mol. The Labute approximate surface area is 95.6 Å². The molecule has 1 atom stereocenters. The molecule has 0 spiro atoms. The summed E-state index contributed by atoms with van der Waals surface area (Å²) in [6.07, 6.45) is 2.03. The third kappa shape index (κ3) is 3.38. The Bertz CT molecular complexity index is 449. The number of nitrogens with one attached hydrogen (secondary N) is 2. The van der Waals surface area contributed by atoms with E-state index in [0.29, 0.717) is 0 Å². The van der Waals surface area contributed by atoms with E-state index in [1.165, 1.54) is 0 Å². The number of aromatic amines is 1. The van der Waals surface area contributed by atoms with Crippen molar-refractivity contribution in [3.63, 3.8) is 0 Å². The van der Waals surface area contributed by atoms with Crippen molar-refractivity contribution < 1.29 is 19.4 Å². The van der Waals surface area contributed by atoms with Gasteiger partial charge in [0, 0.05) is 6.20 Å². The second kappa shape index (κ2) is 5.75. The van der Waals surface area contributed by atoms with Crippen LogP contribution in [0, 0.1) is 0 Å². The zero-order valence-corrected chi connectivity index (χ0v) is 8.97. The van der Waals surface area contributed by atoms with Gasteiger partial charge < -0.3 is 20.1 Å². The molecular formula is C9H11N3O5. The number of rotatable bonds is 4. The van der Waals surface area contributed by atoms with Gasteiger partial charge in [-0.1, -0.05) is 0 Å².